The Kier molecular flexibility index (Phi) is 1.52. The number of rotatable bonds is 0. The molecule has 0 atom stereocenters. The van der Waals surface area contributed by atoms with E-state index in [0.29, 0.717) is 0 Å². The SMILES string of the molecule is Cc1cnc2sc3cncnc3c2c1. The van der Waals surface area contributed by atoms with Gasteiger partial charge in [-0.3, -0.25) is 0 Å². The second kappa shape index (κ2) is 2.72. The first-order valence-corrected chi connectivity index (χ1v) is 5.11. The predicted molar refractivity (Wildman–Crippen MR) is 57.5 cm³/mol. The van der Waals surface area contributed by atoms with Crippen molar-refractivity contribution in [1.82, 2.24) is 15.0 Å². The van der Waals surface area contributed by atoms with Gasteiger partial charge in [0.15, 0.2) is 0 Å². The molecule has 3 nitrogen and oxygen atoms in total. The third kappa shape index (κ3) is 1.01. The summed E-state index contributed by atoms with van der Waals surface area (Å²) < 4.78 is 1.10. The lowest BCUT2D eigenvalue weighted by Gasteiger charge is -1.91. The molecule has 0 N–H and O–H groups in total. The summed E-state index contributed by atoms with van der Waals surface area (Å²) in [5.41, 5.74) is 2.17. The monoisotopic (exact) mass is 201 g/mol. The third-order valence-electron chi connectivity index (χ3n) is 2.13. The third-order valence-corrected chi connectivity index (χ3v) is 3.17. The largest absolute Gasteiger partial charge is 0.245 e. The van der Waals surface area contributed by atoms with Crippen LogP contribution in [0.15, 0.2) is 24.8 Å². The zero-order chi connectivity index (χ0) is 9.54. The van der Waals surface area contributed by atoms with E-state index >= 15 is 0 Å². The normalized spacial score (nSPS) is 11.2. The minimum absolute atomic E-state index is 1.01. The Morgan fingerprint density at radius 3 is 3.07 bits per heavy atom. The van der Waals surface area contributed by atoms with Crippen LogP contribution in [0.4, 0.5) is 0 Å². The van der Waals surface area contributed by atoms with Crippen molar-refractivity contribution in [3.8, 4) is 0 Å². The predicted octanol–water partition coefficient (Wildman–Crippen LogP) is 2.55. The van der Waals surface area contributed by atoms with Crippen molar-refractivity contribution in [1.29, 1.82) is 0 Å². The zero-order valence-corrected chi connectivity index (χ0v) is 8.38. The molecular weight excluding hydrogens is 194 g/mol. The summed E-state index contributed by atoms with van der Waals surface area (Å²) in [6, 6.07) is 2.12. The lowest BCUT2D eigenvalue weighted by Crippen LogP contribution is -1.78. The first-order chi connectivity index (χ1) is 6.84. The maximum atomic E-state index is 4.37. The molecule has 0 aliphatic carbocycles. The Bertz CT molecular complexity index is 615. The fourth-order valence-corrected chi connectivity index (χ4v) is 2.46. The first-order valence-electron chi connectivity index (χ1n) is 4.29. The summed E-state index contributed by atoms with van der Waals surface area (Å²) in [5.74, 6) is 0. The maximum Gasteiger partial charge on any atom is 0.126 e. The lowest BCUT2D eigenvalue weighted by atomic mass is 10.2. The van der Waals surface area contributed by atoms with Crippen molar-refractivity contribution < 1.29 is 0 Å². The summed E-state index contributed by atoms with van der Waals surface area (Å²) in [4.78, 5) is 13.7. The van der Waals surface area contributed by atoms with Crippen LogP contribution in [-0.4, -0.2) is 15.0 Å². The van der Waals surface area contributed by atoms with Gasteiger partial charge in [-0.05, 0) is 18.6 Å². The highest BCUT2D eigenvalue weighted by Gasteiger charge is 2.06. The van der Waals surface area contributed by atoms with E-state index in [1.54, 1.807) is 17.7 Å². The van der Waals surface area contributed by atoms with Crippen LogP contribution >= 0.6 is 11.3 Å². The topological polar surface area (TPSA) is 38.7 Å². The van der Waals surface area contributed by atoms with Gasteiger partial charge in [-0.1, -0.05) is 0 Å². The number of thiophene rings is 1. The Hall–Kier alpha value is -1.55. The van der Waals surface area contributed by atoms with Crippen molar-refractivity contribution in [2.24, 2.45) is 0 Å². The van der Waals surface area contributed by atoms with E-state index in [9.17, 15) is 0 Å². The minimum Gasteiger partial charge on any atom is -0.245 e. The van der Waals surface area contributed by atoms with Gasteiger partial charge in [-0.25, -0.2) is 15.0 Å². The van der Waals surface area contributed by atoms with Gasteiger partial charge in [0.25, 0.3) is 0 Å². The van der Waals surface area contributed by atoms with Gasteiger partial charge in [0.2, 0.25) is 0 Å². The molecule has 0 amide bonds. The van der Waals surface area contributed by atoms with Crippen LogP contribution in [0.1, 0.15) is 5.56 Å². The fraction of sp³-hybridized carbons (Fsp3) is 0.100. The van der Waals surface area contributed by atoms with Crippen LogP contribution in [0, 0.1) is 6.92 Å². The van der Waals surface area contributed by atoms with E-state index in [-0.39, 0.29) is 0 Å². The Labute approximate surface area is 84.5 Å². The van der Waals surface area contributed by atoms with E-state index in [2.05, 4.69) is 21.0 Å². The molecular formula is C10H7N3S. The molecule has 3 rings (SSSR count). The van der Waals surface area contributed by atoms with E-state index in [1.165, 1.54) is 0 Å². The van der Waals surface area contributed by atoms with Crippen LogP contribution in [-0.2, 0) is 0 Å². The van der Waals surface area contributed by atoms with Gasteiger partial charge >= 0.3 is 0 Å². The van der Waals surface area contributed by atoms with Crippen LogP contribution in [0.5, 0.6) is 0 Å². The first kappa shape index (κ1) is 7.82. The molecule has 14 heavy (non-hydrogen) atoms. The number of fused-ring (bicyclic) bond motifs is 3. The number of aryl methyl sites for hydroxylation is 1. The molecule has 0 radical (unpaired) electrons. The zero-order valence-electron chi connectivity index (χ0n) is 7.56. The van der Waals surface area contributed by atoms with Gasteiger partial charge in [-0.15, -0.1) is 11.3 Å². The van der Waals surface area contributed by atoms with Crippen molar-refractivity contribution in [3.63, 3.8) is 0 Å². The number of nitrogens with zero attached hydrogens (tertiary/aromatic N) is 3. The molecule has 0 saturated heterocycles. The second-order valence-electron chi connectivity index (χ2n) is 3.20. The number of pyridine rings is 1. The van der Waals surface area contributed by atoms with Crippen LogP contribution in [0.25, 0.3) is 20.4 Å². The molecule has 0 saturated carbocycles. The van der Waals surface area contributed by atoms with Gasteiger partial charge in [0, 0.05) is 17.8 Å². The highest BCUT2D eigenvalue weighted by molar-refractivity contribution is 7.25. The molecule has 0 fully saturated rings. The van der Waals surface area contributed by atoms with E-state index in [1.807, 2.05) is 19.3 Å². The summed E-state index contributed by atoms with van der Waals surface area (Å²) >= 11 is 1.63. The molecule has 0 unspecified atom stereocenters. The Balaban J connectivity index is 2.58. The maximum absolute atomic E-state index is 4.37. The van der Waals surface area contributed by atoms with Crippen molar-refractivity contribution in [2.45, 2.75) is 6.92 Å². The van der Waals surface area contributed by atoms with Crippen LogP contribution in [0.2, 0.25) is 0 Å². The lowest BCUT2D eigenvalue weighted by molar-refractivity contribution is 1.23. The van der Waals surface area contributed by atoms with Crippen molar-refractivity contribution >= 4 is 31.8 Å². The van der Waals surface area contributed by atoms with Gasteiger partial charge < -0.3 is 0 Å². The molecule has 0 aliphatic heterocycles. The average Bonchev–Trinajstić information content (AvgIpc) is 2.56. The van der Waals surface area contributed by atoms with Gasteiger partial charge in [-0.2, -0.15) is 0 Å². The minimum atomic E-state index is 1.01. The molecule has 0 aromatic carbocycles. The molecule has 0 bridgehead atoms. The molecule has 3 aromatic heterocycles. The summed E-state index contributed by atoms with van der Waals surface area (Å²) in [5, 5.41) is 1.13. The van der Waals surface area contributed by atoms with Gasteiger partial charge in [0.05, 0.1) is 10.2 Å². The Morgan fingerprint density at radius 1 is 1.21 bits per heavy atom. The van der Waals surface area contributed by atoms with Crippen LogP contribution in [0.3, 0.4) is 0 Å². The number of hydrogen-bond donors (Lipinski definition) is 0. The highest BCUT2D eigenvalue weighted by Crippen LogP contribution is 2.30. The van der Waals surface area contributed by atoms with E-state index in [4.69, 9.17) is 0 Å². The average molecular weight is 201 g/mol. The molecule has 0 aliphatic rings. The Morgan fingerprint density at radius 2 is 2.14 bits per heavy atom. The fourth-order valence-electron chi connectivity index (χ4n) is 1.51. The number of hydrogen-bond acceptors (Lipinski definition) is 4. The highest BCUT2D eigenvalue weighted by atomic mass is 32.1. The van der Waals surface area contributed by atoms with Crippen LogP contribution < -0.4 is 0 Å². The molecule has 0 spiro atoms. The summed E-state index contributed by atoms with van der Waals surface area (Å²) in [7, 11) is 0. The second-order valence-corrected chi connectivity index (χ2v) is 4.23. The molecule has 68 valence electrons. The quantitative estimate of drug-likeness (QED) is 0.561. The van der Waals surface area contributed by atoms with Crippen molar-refractivity contribution in [3.05, 3.63) is 30.4 Å². The molecule has 3 aromatic rings. The summed E-state index contributed by atoms with van der Waals surface area (Å²) in [6.07, 6.45) is 5.30. The summed E-state index contributed by atoms with van der Waals surface area (Å²) in [6.45, 7) is 2.04. The van der Waals surface area contributed by atoms with Gasteiger partial charge in [0.1, 0.15) is 11.2 Å². The smallest absolute Gasteiger partial charge is 0.126 e. The molecule has 3 heterocycles. The van der Waals surface area contributed by atoms with E-state index in [0.717, 1.165) is 26.0 Å². The molecule has 4 heteroatoms. The van der Waals surface area contributed by atoms with Crippen molar-refractivity contribution in [2.75, 3.05) is 0 Å². The number of aromatic nitrogens is 3. The van der Waals surface area contributed by atoms with E-state index < -0.39 is 0 Å². The standard InChI is InChI=1S/C10H7N3S/c1-6-2-7-9-8(4-11-5-13-9)14-10(7)12-3-6/h2-5H,1H3.